The number of hydrogen-bond donors (Lipinski definition) is 1. The summed E-state index contributed by atoms with van der Waals surface area (Å²) >= 11 is 0. The van der Waals surface area contributed by atoms with Crippen LogP contribution in [0.3, 0.4) is 0 Å². The highest BCUT2D eigenvalue weighted by Crippen LogP contribution is 2.34. The largest absolute Gasteiger partial charge is 0.496 e. The van der Waals surface area contributed by atoms with Gasteiger partial charge in [-0.3, -0.25) is 4.99 Å². The van der Waals surface area contributed by atoms with E-state index in [4.69, 9.17) is 23.9 Å². The Kier molecular flexibility index (Phi) is 11.4. The maximum Gasteiger partial charge on any atom is 0.193 e. The molecule has 0 bridgehead atoms. The minimum Gasteiger partial charge on any atom is -0.496 e. The Morgan fingerprint density at radius 3 is 2.15 bits per heavy atom. The van der Waals surface area contributed by atoms with Crippen molar-refractivity contribution in [2.45, 2.75) is 32.3 Å². The lowest BCUT2D eigenvalue weighted by Gasteiger charge is -2.34. The number of para-hydroxylation sites is 1. The molecule has 1 N–H and O–H groups in total. The van der Waals surface area contributed by atoms with Crippen LogP contribution in [0.25, 0.3) is 0 Å². The molecule has 1 aliphatic rings. The SMILES string of the molecule is CCNC(=NCCc1c(OC)cc(OC)cc1OC)N1CCC(Oc2ccccc2)CC1.I. The van der Waals surface area contributed by atoms with Crippen molar-refractivity contribution in [3.63, 3.8) is 0 Å². The van der Waals surface area contributed by atoms with Gasteiger partial charge in [0.15, 0.2) is 5.96 Å². The van der Waals surface area contributed by atoms with Gasteiger partial charge < -0.3 is 29.2 Å². The van der Waals surface area contributed by atoms with Crippen LogP contribution in [0.1, 0.15) is 25.3 Å². The monoisotopic (exact) mass is 569 g/mol. The summed E-state index contributed by atoms with van der Waals surface area (Å²) < 4.78 is 22.6. The molecule has 0 aliphatic carbocycles. The number of nitrogens with one attached hydrogen (secondary N) is 1. The molecule has 0 saturated carbocycles. The van der Waals surface area contributed by atoms with Crippen LogP contribution in [0.2, 0.25) is 0 Å². The summed E-state index contributed by atoms with van der Waals surface area (Å²) in [5.41, 5.74) is 0.991. The lowest BCUT2D eigenvalue weighted by atomic mass is 10.1. The fourth-order valence-corrected chi connectivity index (χ4v) is 3.90. The van der Waals surface area contributed by atoms with Gasteiger partial charge in [0.25, 0.3) is 0 Å². The van der Waals surface area contributed by atoms with Gasteiger partial charge in [0.2, 0.25) is 0 Å². The maximum atomic E-state index is 6.13. The highest BCUT2D eigenvalue weighted by molar-refractivity contribution is 14.0. The molecule has 33 heavy (non-hydrogen) atoms. The molecule has 1 saturated heterocycles. The molecule has 0 aromatic heterocycles. The van der Waals surface area contributed by atoms with Crippen molar-refractivity contribution in [1.82, 2.24) is 10.2 Å². The first-order valence-corrected chi connectivity index (χ1v) is 11.2. The molecule has 0 radical (unpaired) electrons. The molecule has 7 nitrogen and oxygen atoms in total. The fraction of sp³-hybridized carbons (Fsp3) is 0.480. The summed E-state index contributed by atoms with van der Waals surface area (Å²) in [5, 5.41) is 3.43. The average Bonchev–Trinajstić information content (AvgIpc) is 2.84. The molecule has 3 rings (SSSR count). The third kappa shape index (κ3) is 7.58. The van der Waals surface area contributed by atoms with Crippen LogP contribution in [0.5, 0.6) is 23.0 Å². The van der Waals surface area contributed by atoms with E-state index in [1.807, 2.05) is 42.5 Å². The number of piperidine rings is 1. The minimum absolute atomic E-state index is 0. The van der Waals surface area contributed by atoms with E-state index in [1.54, 1.807) is 21.3 Å². The smallest absolute Gasteiger partial charge is 0.193 e. The first-order chi connectivity index (χ1) is 15.7. The molecular formula is C25H36IN3O4. The number of guanidine groups is 1. The van der Waals surface area contributed by atoms with Gasteiger partial charge in [-0.1, -0.05) is 18.2 Å². The van der Waals surface area contributed by atoms with Crippen LogP contribution < -0.4 is 24.3 Å². The fourth-order valence-electron chi connectivity index (χ4n) is 3.90. The van der Waals surface area contributed by atoms with Crippen molar-refractivity contribution in [1.29, 1.82) is 0 Å². The third-order valence-electron chi connectivity index (χ3n) is 5.56. The van der Waals surface area contributed by atoms with Gasteiger partial charge in [-0.15, -0.1) is 24.0 Å². The topological polar surface area (TPSA) is 64.6 Å². The van der Waals surface area contributed by atoms with Gasteiger partial charge in [0, 0.05) is 56.7 Å². The highest BCUT2D eigenvalue weighted by Gasteiger charge is 2.23. The summed E-state index contributed by atoms with van der Waals surface area (Å²) in [4.78, 5) is 7.20. The molecule has 8 heteroatoms. The average molecular weight is 569 g/mol. The Labute approximate surface area is 214 Å². The predicted octanol–water partition coefficient (Wildman–Crippen LogP) is 4.38. The van der Waals surface area contributed by atoms with E-state index in [9.17, 15) is 0 Å². The van der Waals surface area contributed by atoms with E-state index in [0.717, 1.165) is 61.2 Å². The lowest BCUT2D eigenvalue weighted by molar-refractivity contribution is 0.129. The molecule has 0 amide bonds. The second-order valence-corrected chi connectivity index (χ2v) is 7.61. The molecule has 2 aromatic rings. The first kappa shape index (κ1) is 26.9. The number of rotatable bonds is 9. The summed E-state index contributed by atoms with van der Waals surface area (Å²) in [6.45, 7) is 5.38. The zero-order chi connectivity index (χ0) is 22.8. The number of likely N-dealkylation sites (tertiary alicyclic amines) is 1. The summed E-state index contributed by atoms with van der Waals surface area (Å²) in [5.74, 6) is 4.09. The van der Waals surface area contributed by atoms with E-state index in [0.29, 0.717) is 18.7 Å². The number of hydrogen-bond acceptors (Lipinski definition) is 5. The van der Waals surface area contributed by atoms with Crippen LogP contribution >= 0.6 is 24.0 Å². The Morgan fingerprint density at radius 1 is 0.970 bits per heavy atom. The standard InChI is InChI=1S/C25H35N3O4.HI/c1-5-26-25(28-15-12-20(13-16-28)32-19-9-7-6-8-10-19)27-14-11-22-23(30-3)17-21(29-2)18-24(22)31-4;/h6-10,17-18,20H,5,11-16H2,1-4H3,(H,26,27);1H. The number of benzene rings is 2. The lowest BCUT2D eigenvalue weighted by Crippen LogP contribution is -2.47. The van der Waals surface area contributed by atoms with Crippen molar-refractivity contribution in [2.75, 3.05) is 47.5 Å². The predicted molar refractivity (Wildman–Crippen MR) is 143 cm³/mol. The molecule has 0 spiro atoms. The number of nitrogens with zero attached hydrogens (tertiary/aromatic N) is 2. The molecule has 182 valence electrons. The summed E-state index contributed by atoms with van der Waals surface area (Å²) in [7, 11) is 4.95. The van der Waals surface area contributed by atoms with Gasteiger partial charge in [-0.05, 0) is 25.5 Å². The number of methoxy groups -OCH3 is 3. The van der Waals surface area contributed by atoms with E-state index in [-0.39, 0.29) is 30.1 Å². The van der Waals surface area contributed by atoms with Crippen LogP contribution in [0.15, 0.2) is 47.5 Å². The Morgan fingerprint density at radius 2 is 1.61 bits per heavy atom. The normalized spacial score (nSPS) is 14.3. The van der Waals surface area contributed by atoms with Gasteiger partial charge in [0.1, 0.15) is 29.1 Å². The van der Waals surface area contributed by atoms with E-state index in [2.05, 4.69) is 17.1 Å². The molecule has 0 unspecified atom stereocenters. The molecule has 1 fully saturated rings. The second-order valence-electron chi connectivity index (χ2n) is 7.61. The summed E-state index contributed by atoms with van der Waals surface area (Å²) in [6.07, 6.45) is 2.89. The molecule has 1 aliphatic heterocycles. The Bertz CT molecular complexity index is 846. The van der Waals surface area contributed by atoms with E-state index in [1.165, 1.54) is 0 Å². The van der Waals surface area contributed by atoms with E-state index < -0.39 is 0 Å². The van der Waals surface area contributed by atoms with Crippen molar-refractivity contribution < 1.29 is 18.9 Å². The van der Waals surface area contributed by atoms with Crippen LogP contribution in [-0.4, -0.2) is 64.5 Å². The first-order valence-electron chi connectivity index (χ1n) is 11.2. The zero-order valence-corrected chi connectivity index (χ0v) is 22.3. The van der Waals surface area contributed by atoms with Crippen LogP contribution in [-0.2, 0) is 6.42 Å². The molecule has 1 heterocycles. The van der Waals surface area contributed by atoms with Gasteiger partial charge in [0.05, 0.1) is 21.3 Å². The van der Waals surface area contributed by atoms with Crippen LogP contribution in [0, 0.1) is 0 Å². The Hall–Kier alpha value is -2.36. The van der Waals surface area contributed by atoms with Crippen LogP contribution in [0.4, 0.5) is 0 Å². The summed E-state index contributed by atoms with van der Waals surface area (Å²) in [6, 6.07) is 13.8. The zero-order valence-electron chi connectivity index (χ0n) is 20.0. The third-order valence-corrected chi connectivity index (χ3v) is 5.56. The van der Waals surface area contributed by atoms with Crippen molar-refractivity contribution in [3.05, 3.63) is 48.0 Å². The van der Waals surface area contributed by atoms with Crippen molar-refractivity contribution in [3.8, 4) is 23.0 Å². The van der Waals surface area contributed by atoms with Gasteiger partial charge in [-0.25, -0.2) is 0 Å². The maximum absolute atomic E-state index is 6.13. The van der Waals surface area contributed by atoms with Crippen molar-refractivity contribution in [2.24, 2.45) is 4.99 Å². The van der Waals surface area contributed by atoms with Gasteiger partial charge in [-0.2, -0.15) is 0 Å². The molecular weight excluding hydrogens is 533 g/mol. The van der Waals surface area contributed by atoms with Gasteiger partial charge >= 0.3 is 0 Å². The minimum atomic E-state index is 0. The quantitative estimate of drug-likeness (QED) is 0.275. The van der Waals surface area contributed by atoms with Crippen molar-refractivity contribution >= 4 is 29.9 Å². The highest BCUT2D eigenvalue weighted by atomic mass is 127. The second kappa shape index (κ2) is 14.0. The number of ether oxygens (including phenoxy) is 4. The number of aliphatic imine (C=N–C) groups is 1. The Balaban J connectivity index is 0.00000385. The number of halogens is 1. The molecule has 2 aromatic carbocycles. The van der Waals surface area contributed by atoms with E-state index >= 15 is 0 Å². The molecule has 0 atom stereocenters.